The number of nitrogens with two attached hydrogens (primary N) is 1. The van der Waals surface area contributed by atoms with E-state index in [1.807, 2.05) is 7.11 Å². The molecule has 3 nitrogen and oxygen atoms in total. The maximum Gasteiger partial charge on any atom is 0.0652 e. The SMILES string of the molecule is CCCC(CCN)CCCNC1CC(OC)C1(C)C. The lowest BCUT2D eigenvalue weighted by Crippen LogP contribution is -2.60. The van der Waals surface area contributed by atoms with Crippen molar-refractivity contribution in [2.24, 2.45) is 17.1 Å². The van der Waals surface area contributed by atoms with Gasteiger partial charge in [0.25, 0.3) is 0 Å². The molecule has 0 bridgehead atoms. The van der Waals surface area contributed by atoms with Crippen molar-refractivity contribution in [2.75, 3.05) is 20.2 Å². The molecule has 3 unspecified atom stereocenters. The molecule has 3 heteroatoms. The predicted octanol–water partition coefficient (Wildman–Crippen LogP) is 2.93. The summed E-state index contributed by atoms with van der Waals surface area (Å²) in [6, 6.07) is 0.622. The molecule has 0 saturated heterocycles. The van der Waals surface area contributed by atoms with E-state index in [4.69, 9.17) is 10.5 Å². The molecule has 19 heavy (non-hydrogen) atoms. The van der Waals surface area contributed by atoms with E-state index in [0.29, 0.717) is 12.1 Å². The molecule has 0 heterocycles. The summed E-state index contributed by atoms with van der Waals surface area (Å²) in [5.74, 6) is 0.831. The van der Waals surface area contributed by atoms with Crippen LogP contribution in [0.2, 0.25) is 0 Å². The summed E-state index contributed by atoms with van der Waals surface area (Å²) >= 11 is 0. The molecule has 1 aliphatic rings. The largest absolute Gasteiger partial charge is 0.381 e. The third-order valence-electron chi connectivity index (χ3n) is 4.91. The van der Waals surface area contributed by atoms with Crippen LogP contribution in [0.1, 0.15) is 59.3 Å². The van der Waals surface area contributed by atoms with Gasteiger partial charge in [-0.1, -0.05) is 33.6 Å². The lowest BCUT2D eigenvalue weighted by atomic mass is 9.64. The number of methoxy groups -OCH3 is 1. The predicted molar refractivity (Wildman–Crippen MR) is 82.3 cm³/mol. The zero-order chi connectivity index (χ0) is 14.3. The normalized spacial score (nSPS) is 27.0. The van der Waals surface area contributed by atoms with E-state index in [2.05, 4.69) is 26.1 Å². The lowest BCUT2D eigenvalue weighted by Gasteiger charge is -2.51. The highest BCUT2D eigenvalue weighted by atomic mass is 16.5. The molecule has 0 aromatic heterocycles. The average Bonchev–Trinajstić information content (AvgIpc) is 2.37. The Kier molecular flexibility index (Phi) is 7.33. The van der Waals surface area contributed by atoms with Gasteiger partial charge in [-0.25, -0.2) is 0 Å². The maximum atomic E-state index is 5.68. The summed E-state index contributed by atoms with van der Waals surface area (Å²) in [5, 5.41) is 3.70. The first-order valence-corrected chi connectivity index (χ1v) is 8.02. The molecule has 0 aromatic rings. The molecule has 1 saturated carbocycles. The minimum absolute atomic E-state index is 0.287. The molecule has 0 spiro atoms. The van der Waals surface area contributed by atoms with E-state index in [1.54, 1.807) is 0 Å². The van der Waals surface area contributed by atoms with Crippen LogP contribution < -0.4 is 11.1 Å². The summed E-state index contributed by atoms with van der Waals surface area (Å²) in [6.45, 7) is 8.84. The zero-order valence-electron chi connectivity index (χ0n) is 13.4. The number of hydrogen-bond acceptors (Lipinski definition) is 3. The summed E-state index contributed by atoms with van der Waals surface area (Å²) in [4.78, 5) is 0. The Morgan fingerprint density at radius 1 is 1.32 bits per heavy atom. The first kappa shape index (κ1) is 16.9. The van der Waals surface area contributed by atoms with Crippen molar-refractivity contribution >= 4 is 0 Å². The number of hydrogen-bond donors (Lipinski definition) is 2. The molecule has 0 aliphatic heterocycles. The first-order chi connectivity index (χ1) is 9.06. The molecule has 3 atom stereocenters. The smallest absolute Gasteiger partial charge is 0.0652 e. The minimum atomic E-state index is 0.287. The van der Waals surface area contributed by atoms with Gasteiger partial charge >= 0.3 is 0 Å². The van der Waals surface area contributed by atoms with E-state index in [-0.39, 0.29) is 5.41 Å². The van der Waals surface area contributed by atoms with Gasteiger partial charge < -0.3 is 15.8 Å². The van der Waals surface area contributed by atoms with Gasteiger partial charge in [-0.2, -0.15) is 0 Å². The summed E-state index contributed by atoms with van der Waals surface area (Å²) in [6.07, 6.45) is 7.98. The van der Waals surface area contributed by atoms with Crippen LogP contribution in [0.25, 0.3) is 0 Å². The van der Waals surface area contributed by atoms with Crippen LogP contribution in [-0.4, -0.2) is 32.3 Å². The highest BCUT2D eigenvalue weighted by Gasteiger charge is 2.47. The molecule has 1 rings (SSSR count). The van der Waals surface area contributed by atoms with Crippen molar-refractivity contribution in [2.45, 2.75) is 71.4 Å². The van der Waals surface area contributed by atoms with E-state index in [0.717, 1.165) is 25.4 Å². The maximum absolute atomic E-state index is 5.68. The van der Waals surface area contributed by atoms with Crippen LogP contribution in [-0.2, 0) is 4.74 Å². The number of ether oxygens (including phenoxy) is 1. The second-order valence-electron chi connectivity index (χ2n) is 6.66. The Labute approximate surface area is 119 Å². The molecule has 114 valence electrons. The minimum Gasteiger partial charge on any atom is -0.381 e. The van der Waals surface area contributed by atoms with E-state index in [1.165, 1.54) is 32.1 Å². The molecule has 3 N–H and O–H groups in total. The highest BCUT2D eigenvalue weighted by Crippen LogP contribution is 2.42. The number of rotatable bonds is 10. The monoisotopic (exact) mass is 270 g/mol. The van der Waals surface area contributed by atoms with Crippen molar-refractivity contribution in [3.05, 3.63) is 0 Å². The fourth-order valence-electron chi connectivity index (χ4n) is 3.38. The Hall–Kier alpha value is -0.120. The third-order valence-corrected chi connectivity index (χ3v) is 4.91. The van der Waals surface area contributed by atoms with Crippen molar-refractivity contribution in [3.8, 4) is 0 Å². The van der Waals surface area contributed by atoms with Gasteiger partial charge in [0.2, 0.25) is 0 Å². The van der Waals surface area contributed by atoms with Crippen LogP contribution in [0.4, 0.5) is 0 Å². The molecule has 0 aromatic carbocycles. The molecule has 1 aliphatic carbocycles. The van der Waals surface area contributed by atoms with Crippen molar-refractivity contribution in [3.63, 3.8) is 0 Å². The van der Waals surface area contributed by atoms with Gasteiger partial charge in [-0.05, 0) is 44.7 Å². The van der Waals surface area contributed by atoms with Crippen LogP contribution in [0.15, 0.2) is 0 Å². The lowest BCUT2D eigenvalue weighted by molar-refractivity contribution is -0.0973. The van der Waals surface area contributed by atoms with Crippen molar-refractivity contribution < 1.29 is 4.74 Å². The van der Waals surface area contributed by atoms with Crippen LogP contribution in [0.3, 0.4) is 0 Å². The van der Waals surface area contributed by atoms with E-state index < -0.39 is 0 Å². The average molecular weight is 270 g/mol. The fraction of sp³-hybridized carbons (Fsp3) is 1.00. The Bertz CT molecular complexity index is 237. The van der Waals surface area contributed by atoms with Gasteiger partial charge in [0, 0.05) is 18.6 Å². The third kappa shape index (κ3) is 4.73. The molecular formula is C16H34N2O. The Morgan fingerprint density at radius 2 is 2.05 bits per heavy atom. The van der Waals surface area contributed by atoms with Gasteiger partial charge in [0.15, 0.2) is 0 Å². The van der Waals surface area contributed by atoms with Crippen molar-refractivity contribution in [1.82, 2.24) is 5.32 Å². The standard InChI is InChI=1S/C16H34N2O/c1-5-7-13(9-10-17)8-6-11-18-14-12-15(19-4)16(14,2)3/h13-15,18H,5-12,17H2,1-4H3. The van der Waals surface area contributed by atoms with Crippen molar-refractivity contribution in [1.29, 1.82) is 0 Å². The fourth-order valence-corrected chi connectivity index (χ4v) is 3.38. The Morgan fingerprint density at radius 3 is 2.58 bits per heavy atom. The van der Waals surface area contributed by atoms with E-state index >= 15 is 0 Å². The Balaban J connectivity index is 2.14. The molecule has 1 fully saturated rings. The van der Waals surface area contributed by atoms with Crippen LogP contribution >= 0.6 is 0 Å². The van der Waals surface area contributed by atoms with Crippen LogP contribution in [0.5, 0.6) is 0 Å². The van der Waals surface area contributed by atoms with Gasteiger partial charge in [0.05, 0.1) is 6.10 Å². The molecular weight excluding hydrogens is 236 g/mol. The summed E-state index contributed by atoms with van der Waals surface area (Å²) in [7, 11) is 1.82. The zero-order valence-corrected chi connectivity index (χ0v) is 13.4. The van der Waals surface area contributed by atoms with Gasteiger partial charge in [0.1, 0.15) is 0 Å². The topological polar surface area (TPSA) is 47.3 Å². The summed E-state index contributed by atoms with van der Waals surface area (Å²) < 4.78 is 5.49. The van der Waals surface area contributed by atoms with Crippen LogP contribution in [0, 0.1) is 11.3 Å². The second kappa shape index (κ2) is 8.23. The second-order valence-corrected chi connectivity index (χ2v) is 6.66. The molecule has 0 amide bonds. The molecule has 0 radical (unpaired) electrons. The number of nitrogens with one attached hydrogen (secondary N) is 1. The first-order valence-electron chi connectivity index (χ1n) is 8.02. The van der Waals surface area contributed by atoms with Gasteiger partial charge in [-0.15, -0.1) is 0 Å². The summed E-state index contributed by atoms with van der Waals surface area (Å²) in [5.41, 5.74) is 5.97. The van der Waals surface area contributed by atoms with Gasteiger partial charge in [-0.3, -0.25) is 0 Å². The quantitative estimate of drug-likeness (QED) is 0.600. The highest BCUT2D eigenvalue weighted by molar-refractivity contribution is 5.02. The van der Waals surface area contributed by atoms with E-state index in [9.17, 15) is 0 Å².